The summed E-state index contributed by atoms with van der Waals surface area (Å²) >= 11 is 0. The van der Waals surface area contributed by atoms with E-state index in [-0.39, 0.29) is 17.9 Å². The molecule has 0 amide bonds. The summed E-state index contributed by atoms with van der Waals surface area (Å²) in [5.41, 5.74) is 0.971. The summed E-state index contributed by atoms with van der Waals surface area (Å²) in [5.74, 6) is 0.203. The largest absolute Gasteiger partial charge is 0.435 e. The smallest absolute Gasteiger partial charge is 0.387 e. The first-order valence-electron chi connectivity index (χ1n) is 7.15. The third-order valence-electron chi connectivity index (χ3n) is 3.72. The number of morpholine rings is 1. The van der Waals surface area contributed by atoms with Crippen molar-refractivity contribution in [3.05, 3.63) is 29.8 Å². The van der Waals surface area contributed by atoms with E-state index >= 15 is 0 Å². The average molecular weight is 300 g/mol. The number of likely N-dealkylation sites (N-methyl/N-ethyl adjacent to an activating group) is 1. The summed E-state index contributed by atoms with van der Waals surface area (Å²) in [6.45, 7) is 2.42. The molecule has 1 aromatic rings. The van der Waals surface area contributed by atoms with Crippen LogP contribution in [0.4, 0.5) is 8.78 Å². The van der Waals surface area contributed by atoms with Gasteiger partial charge in [-0.15, -0.1) is 0 Å². The van der Waals surface area contributed by atoms with Crippen LogP contribution < -0.4 is 10.1 Å². The first-order valence-corrected chi connectivity index (χ1v) is 7.15. The number of benzene rings is 1. The van der Waals surface area contributed by atoms with Crippen LogP contribution >= 0.6 is 0 Å². The number of hydrogen-bond donors (Lipinski definition) is 1. The monoisotopic (exact) mass is 300 g/mol. The molecule has 1 N–H and O–H groups in total. The molecule has 1 aliphatic heterocycles. The second kappa shape index (κ2) is 7.68. The van der Waals surface area contributed by atoms with Gasteiger partial charge in [-0.3, -0.25) is 4.90 Å². The van der Waals surface area contributed by atoms with Crippen LogP contribution in [0.3, 0.4) is 0 Å². The van der Waals surface area contributed by atoms with Crippen molar-refractivity contribution >= 4 is 0 Å². The molecular weight excluding hydrogens is 278 g/mol. The van der Waals surface area contributed by atoms with Crippen molar-refractivity contribution in [2.45, 2.75) is 25.7 Å². The maximum absolute atomic E-state index is 12.3. The summed E-state index contributed by atoms with van der Waals surface area (Å²) in [4.78, 5) is 2.30. The molecule has 2 rings (SSSR count). The highest BCUT2D eigenvalue weighted by Gasteiger charge is 2.24. The lowest BCUT2D eigenvalue weighted by Gasteiger charge is -2.37. The van der Waals surface area contributed by atoms with Crippen molar-refractivity contribution in [1.29, 1.82) is 0 Å². The predicted molar refractivity (Wildman–Crippen MR) is 76.7 cm³/mol. The van der Waals surface area contributed by atoms with Gasteiger partial charge in [0.15, 0.2) is 0 Å². The molecule has 0 saturated carbocycles. The number of nitrogens with zero attached hydrogens (tertiary/aromatic N) is 1. The summed E-state index contributed by atoms with van der Waals surface area (Å²) in [6, 6.07) is 7.04. The fourth-order valence-corrected chi connectivity index (χ4v) is 2.61. The fraction of sp³-hybridized carbons (Fsp3) is 0.600. The Morgan fingerprint density at radius 2 is 2.29 bits per heavy atom. The molecule has 1 fully saturated rings. The highest BCUT2D eigenvalue weighted by atomic mass is 19.3. The zero-order valence-electron chi connectivity index (χ0n) is 12.4. The lowest BCUT2D eigenvalue weighted by Crippen LogP contribution is -2.46. The van der Waals surface area contributed by atoms with Gasteiger partial charge < -0.3 is 14.8 Å². The maximum atomic E-state index is 12.3. The van der Waals surface area contributed by atoms with Crippen LogP contribution in [-0.2, 0) is 4.74 Å². The quantitative estimate of drug-likeness (QED) is 0.874. The van der Waals surface area contributed by atoms with Gasteiger partial charge in [0.1, 0.15) is 5.75 Å². The molecule has 0 aliphatic carbocycles. The molecule has 2 unspecified atom stereocenters. The fourth-order valence-electron chi connectivity index (χ4n) is 2.61. The normalized spacial score (nSPS) is 21.5. The summed E-state index contributed by atoms with van der Waals surface area (Å²) in [5, 5.41) is 3.11. The van der Waals surface area contributed by atoms with Gasteiger partial charge in [0.25, 0.3) is 0 Å². The Bertz CT molecular complexity index is 443. The van der Waals surface area contributed by atoms with Crippen molar-refractivity contribution in [2.75, 3.05) is 33.3 Å². The molecule has 1 aromatic carbocycles. The van der Waals surface area contributed by atoms with Crippen molar-refractivity contribution in [3.63, 3.8) is 0 Å². The molecule has 1 aliphatic rings. The molecule has 21 heavy (non-hydrogen) atoms. The van der Waals surface area contributed by atoms with Crippen LogP contribution in [0.25, 0.3) is 0 Å². The second-order valence-corrected chi connectivity index (χ2v) is 5.17. The number of rotatable bonds is 6. The summed E-state index contributed by atoms with van der Waals surface area (Å²) in [6.07, 6.45) is 0.159. The van der Waals surface area contributed by atoms with E-state index in [1.807, 2.05) is 13.1 Å². The first-order chi connectivity index (χ1) is 10.1. The van der Waals surface area contributed by atoms with E-state index in [2.05, 4.69) is 21.9 Å². The van der Waals surface area contributed by atoms with Gasteiger partial charge in [-0.05, 0) is 31.7 Å². The second-order valence-electron chi connectivity index (χ2n) is 5.17. The molecule has 0 aromatic heterocycles. The zero-order chi connectivity index (χ0) is 15.2. The third-order valence-corrected chi connectivity index (χ3v) is 3.72. The molecule has 0 radical (unpaired) electrons. The zero-order valence-corrected chi connectivity index (χ0v) is 12.4. The van der Waals surface area contributed by atoms with Crippen LogP contribution in [0.1, 0.15) is 18.5 Å². The SMILES string of the molecule is CNCC1CN(C(C)c2cccc(OC(F)F)c2)CCO1. The lowest BCUT2D eigenvalue weighted by molar-refractivity contribution is -0.0502. The Hall–Kier alpha value is -1.24. The minimum atomic E-state index is -2.79. The average Bonchev–Trinajstić information content (AvgIpc) is 2.47. The molecule has 1 saturated heterocycles. The van der Waals surface area contributed by atoms with E-state index in [1.165, 1.54) is 0 Å². The Kier molecular flexibility index (Phi) is 5.90. The molecule has 0 bridgehead atoms. The van der Waals surface area contributed by atoms with Crippen molar-refractivity contribution in [1.82, 2.24) is 10.2 Å². The molecule has 0 spiro atoms. The number of ether oxygens (including phenoxy) is 2. The molecule has 6 heteroatoms. The maximum Gasteiger partial charge on any atom is 0.387 e. The van der Waals surface area contributed by atoms with Gasteiger partial charge in [-0.2, -0.15) is 8.78 Å². The van der Waals surface area contributed by atoms with Crippen LogP contribution in [0.5, 0.6) is 5.75 Å². The predicted octanol–water partition coefficient (Wildman–Crippen LogP) is 2.27. The van der Waals surface area contributed by atoms with E-state index in [0.29, 0.717) is 6.61 Å². The lowest BCUT2D eigenvalue weighted by atomic mass is 10.1. The van der Waals surface area contributed by atoms with Crippen LogP contribution in [0, 0.1) is 0 Å². The van der Waals surface area contributed by atoms with Crippen molar-refractivity contribution in [3.8, 4) is 5.75 Å². The highest BCUT2D eigenvalue weighted by molar-refractivity contribution is 5.30. The third kappa shape index (κ3) is 4.62. The van der Waals surface area contributed by atoms with Gasteiger partial charge in [-0.1, -0.05) is 12.1 Å². The Morgan fingerprint density at radius 1 is 1.48 bits per heavy atom. The minimum Gasteiger partial charge on any atom is -0.435 e. The first kappa shape index (κ1) is 16.1. The summed E-state index contributed by atoms with van der Waals surface area (Å²) < 4.78 is 34.7. The van der Waals surface area contributed by atoms with Crippen molar-refractivity contribution < 1.29 is 18.3 Å². The standard InChI is InChI=1S/C15H22F2N2O2/c1-11(19-6-7-20-14(10-19)9-18-2)12-4-3-5-13(8-12)21-15(16)17/h3-5,8,11,14-15,18H,6-7,9-10H2,1-2H3. The number of halogens is 2. The van der Waals surface area contributed by atoms with E-state index in [1.54, 1.807) is 18.2 Å². The van der Waals surface area contributed by atoms with E-state index in [9.17, 15) is 8.78 Å². The number of hydrogen-bond acceptors (Lipinski definition) is 4. The van der Waals surface area contributed by atoms with E-state index < -0.39 is 6.61 Å². The Morgan fingerprint density at radius 3 is 3.00 bits per heavy atom. The van der Waals surface area contributed by atoms with E-state index in [0.717, 1.165) is 25.2 Å². The van der Waals surface area contributed by atoms with Crippen LogP contribution in [-0.4, -0.2) is 50.9 Å². The topological polar surface area (TPSA) is 33.7 Å². The van der Waals surface area contributed by atoms with Crippen LogP contribution in [0.15, 0.2) is 24.3 Å². The van der Waals surface area contributed by atoms with Crippen LogP contribution in [0.2, 0.25) is 0 Å². The summed E-state index contributed by atoms with van der Waals surface area (Å²) in [7, 11) is 1.90. The van der Waals surface area contributed by atoms with Gasteiger partial charge in [0.2, 0.25) is 0 Å². The Balaban J connectivity index is 2.03. The van der Waals surface area contributed by atoms with Crippen molar-refractivity contribution in [2.24, 2.45) is 0 Å². The number of nitrogens with one attached hydrogen (secondary N) is 1. The highest BCUT2D eigenvalue weighted by Crippen LogP contribution is 2.26. The van der Waals surface area contributed by atoms with Gasteiger partial charge in [-0.25, -0.2) is 0 Å². The van der Waals surface area contributed by atoms with Gasteiger partial charge in [0, 0.05) is 25.7 Å². The molecular formula is C15H22F2N2O2. The van der Waals surface area contributed by atoms with Gasteiger partial charge in [0.05, 0.1) is 12.7 Å². The molecule has 1 heterocycles. The molecule has 2 atom stereocenters. The number of alkyl halides is 2. The van der Waals surface area contributed by atoms with Gasteiger partial charge >= 0.3 is 6.61 Å². The minimum absolute atomic E-state index is 0.134. The molecule has 118 valence electrons. The van der Waals surface area contributed by atoms with E-state index in [4.69, 9.17) is 4.74 Å². The Labute approximate surface area is 124 Å². The molecule has 4 nitrogen and oxygen atoms in total.